The lowest BCUT2D eigenvalue weighted by Gasteiger charge is -2.07. The molecule has 2 atom stereocenters. The highest BCUT2D eigenvalue weighted by Gasteiger charge is 2.19. The predicted molar refractivity (Wildman–Crippen MR) is 48.4 cm³/mol. The Morgan fingerprint density at radius 1 is 0.727 bits per heavy atom. The maximum atomic E-state index is 2.47. The van der Waals surface area contributed by atoms with Crippen LogP contribution in [-0.4, -0.2) is 0 Å². The van der Waals surface area contributed by atoms with Crippen molar-refractivity contribution >= 4 is 0 Å². The van der Waals surface area contributed by atoms with E-state index in [2.05, 4.69) is 12.2 Å². The first-order valence-electron chi connectivity index (χ1n) is 5.13. The third-order valence-corrected chi connectivity index (χ3v) is 3.16. The van der Waals surface area contributed by atoms with E-state index in [9.17, 15) is 0 Å². The molecule has 2 unspecified atom stereocenters. The van der Waals surface area contributed by atoms with Gasteiger partial charge in [-0.3, -0.25) is 0 Å². The second-order valence-electron chi connectivity index (χ2n) is 4.13. The van der Waals surface area contributed by atoms with Gasteiger partial charge >= 0.3 is 0 Å². The fraction of sp³-hybridized carbons (Fsp3) is 0.818. The van der Waals surface area contributed by atoms with E-state index in [1.807, 2.05) is 0 Å². The van der Waals surface area contributed by atoms with E-state index < -0.39 is 0 Å². The Morgan fingerprint density at radius 3 is 1.82 bits per heavy atom. The topological polar surface area (TPSA) is 0 Å². The molecule has 0 heteroatoms. The van der Waals surface area contributed by atoms with Crippen LogP contribution in [-0.2, 0) is 0 Å². The van der Waals surface area contributed by atoms with Crippen molar-refractivity contribution in [2.45, 2.75) is 44.9 Å². The molecule has 0 aromatic heterocycles. The summed E-state index contributed by atoms with van der Waals surface area (Å²) in [6.07, 6.45) is 15.3. The zero-order valence-electron chi connectivity index (χ0n) is 7.26. The van der Waals surface area contributed by atoms with Gasteiger partial charge in [0.1, 0.15) is 0 Å². The van der Waals surface area contributed by atoms with Gasteiger partial charge in [0.05, 0.1) is 0 Å². The smallest absolute Gasteiger partial charge is 0.0228 e. The van der Waals surface area contributed by atoms with Gasteiger partial charge in [-0.05, 0) is 31.1 Å². The van der Waals surface area contributed by atoms with Crippen LogP contribution < -0.4 is 0 Å². The van der Waals surface area contributed by atoms with E-state index in [1.54, 1.807) is 0 Å². The zero-order valence-corrected chi connectivity index (χ0v) is 7.26. The van der Waals surface area contributed by atoms with Crippen LogP contribution >= 0.6 is 0 Å². The molecule has 11 heavy (non-hydrogen) atoms. The molecule has 0 aliphatic heterocycles. The molecule has 0 saturated heterocycles. The first-order valence-corrected chi connectivity index (χ1v) is 5.13. The Bertz CT molecular complexity index is 130. The lowest BCUT2D eigenvalue weighted by Crippen LogP contribution is -1.96. The van der Waals surface area contributed by atoms with Gasteiger partial charge in [-0.25, -0.2) is 0 Å². The summed E-state index contributed by atoms with van der Waals surface area (Å²) >= 11 is 0. The van der Waals surface area contributed by atoms with Crippen LogP contribution in [0.3, 0.4) is 0 Å². The molecule has 2 aliphatic rings. The quantitative estimate of drug-likeness (QED) is 0.463. The molecule has 0 radical (unpaired) electrons. The summed E-state index contributed by atoms with van der Waals surface area (Å²) < 4.78 is 0. The summed E-state index contributed by atoms with van der Waals surface area (Å²) in [4.78, 5) is 0. The molecule has 62 valence electrons. The van der Waals surface area contributed by atoms with Crippen LogP contribution in [0.1, 0.15) is 44.9 Å². The van der Waals surface area contributed by atoms with Crippen LogP contribution in [0.2, 0.25) is 0 Å². The molecule has 0 nitrogen and oxygen atoms in total. The van der Waals surface area contributed by atoms with Crippen LogP contribution in [0.5, 0.6) is 0 Å². The lowest BCUT2D eigenvalue weighted by atomic mass is 9.98. The van der Waals surface area contributed by atoms with E-state index in [4.69, 9.17) is 0 Å². The van der Waals surface area contributed by atoms with Gasteiger partial charge in [0.15, 0.2) is 0 Å². The van der Waals surface area contributed by atoms with E-state index in [-0.39, 0.29) is 0 Å². The first-order chi connectivity index (χ1) is 5.45. The van der Waals surface area contributed by atoms with Crippen LogP contribution in [0, 0.1) is 11.8 Å². The lowest BCUT2D eigenvalue weighted by molar-refractivity contribution is 0.480. The standard InChI is InChI=1S/C11H18/c1-2-4-6-11-8-7-10(9-11)5-3-1/h7-8,10-11H,1-6,9H2. The van der Waals surface area contributed by atoms with Crippen LogP contribution in [0.4, 0.5) is 0 Å². The Kier molecular flexibility index (Phi) is 2.30. The fourth-order valence-corrected chi connectivity index (χ4v) is 2.46. The van der Waals surface area contributed by atoms with Crippen molar-refractivity contribution in [3.63, 3.8) is 0 Å². The summed E-state index contributed by atoms with van der Waals surface area (Å²) in [5, 5.41) is 0. The number of hydrogen-bond acceptors (Lipinski definition) is 0. The minimum absolute atomic E-state index is 0.957. The predicted octanol–water partition coefficient (Wildman–Crippen LogP) is 3.53. The van der Waals surface area contributed by atoms with E-state index >= 15 is 0 Å². The minimum atomic E-state index is 0.957. The Balaban J connectivity index is 1.93. The van der Waals surface area contributed by atoms with Crippen molar-refractivity contribution < 1.29 is 0 Å². The molecule has 2 bridgehead atoms. The third kappa shape index (κ3) is 1.85. The second kappa shape index (κ2) is 3.42. The summed E-state index contributed by atoms with van der Waals surface area (Å²) in [5.41, 5.74) is 0. The number of allylic oxidation sites excluding steroid dienone is 2. The van der Waals surface area contributed by atoms with Crippen molar-refractivity contribution in [1.82, 2.24) is 0 Å². The van der Waals surface area contributed by atoms with Gasteiger partial charge < -0.3 is 0 Å². The maximum absolute atomic E-state index is 2.47. The largest absolute Gasteiger partial charge is 0.0851 e. The SMILES string of the molecule is C1=CC2CCCCCCC1C2. The first kappa shape index (κ1) is 7.39. The summed E-state index contributed by atoms with van der Waals surface area (Å²) in [6, 6.07) is 0. The molecule has 0 amide bonds. The van der Waals surface area contributed by atoms with E-state index in [0.29, 0.717) is 0 Å². The number of fused-ring (bicyclic) bond motifs is 2. The molecule has 0 spiro atoms. The zero-order chi connectivity index (χ0) is 7.52. The summed E-state index contributed by atoms with van der Waals surface area (Å²) in [5.74, 6) is 1.91. The molecule has 0 aromatic carbocycles. The summed E-state index contributed by atoms with van der Waals surface area (Å²) in [6.45, 7) is 0. The molecule has 2 aliphatic carbocycles. The molecular formula is C11H18. The van der Waals surface area contributed by atoms with Crippen molar-refractivity contribution in [3.8, 4) is 0 Å². The normalized spacial score (nSPS) is 37.8. The average Bonchev–Trinajstić information content (AvgIpc) is 2.49. The molecule has 1 fully saturated rings. The monoisotopic (exact) mass is 150 g/mol. The molecule has 2 rings (SSSR count). The van der Waals surface area contributed by atoms with Crippen LogP contribution in [0.25, 0.3) is 0 Å². The van der Waals surface area contributed by atoms with Crippen molar-refractivity contribution in [1.29, 1.82) is 0 Å². The highest BCUT2D eigenvalue weighted by atomic mass is 14.2. The van der Waals surface area contributed by atoms with Crippen LogP contribution in [0.15, 0.2) is 12.2 Å². The van der Waals surface area contributed by atoms with E-state index in [0.717, 1.165) is 11.8 Å². The Hall–Kier alpha value is -0.260. The highest BCUT2D eigenvalue weighted by Crippen LogP contribution is 2.32. The second-order valence-corrected chi connectivity index (χ2v) is 4.13. The van der Waals surface area contributed by atoms with Crippen molar-refractivity contribution in [2.75, 3.05) is 0 Å². The van der Waals surface area contributed by atoms with Gasteiger partial charge in [0.25, 0.3) is 0 Å². The van der Waals surface area contributed by atoms with Gasteiger partial charge in [-0.15, -0.1) is 0 Å². The Morgan fingerprint density at radius 2 is 1.27 bits per heavy atom. The average molecular weight is 150 g/mol. The number of hydrogen-bond donors (Lipinski definition) is 0. The molecular weight excluding hydrogens is 132 g/mol. The highest BCUT2D eigenvalue weighted by molar-refractivity contribution is 5.01. The minimum Gasteiger partial charge on any atom is -0.0851 e. The maximum Gasteiger partial charge on any atom is -0.0228 e. The van der Waals surface area contributed by atoms with Gasteiger partial charge in [0.2, 0.25) is 0 Å². The van der Waals surface area contributed by atoms with Gasteiger partial charge in [-0.2, -0.15) is 0 Å². The van der Waals surface area contributed by atoms with E-state index in [1.165, 1.54) is 44.9 Å². The van der Waals surface area contributed by atoms with Crippen molar-refractivity contribution in [2.24, 2.45) is 11.8 Å². The molecule has 0 N–H and O–H groups in total. The number of rotatable bonds is 0. The van der Waals surface area contributed by atoms with Crippen molar-refractivity contribution in [3.05, 3.63) is 12.2 Å². The third-order valence-electron chi connectivity index (χ3n) is 3.16. The molecule has 0 aromatic rings. The fourth-order valence-electron chi connectivity index (χ4n) is 2.46. The Labute approximate surface area is 69.7 Å². The van der Waals surface area contributed by atoms with Gasteiger partial charge in [0, 0.05) is 0 Å². The molecule has 0 heterocycles. The summed E-state index contributed by atoms with van der Waals surface area (Å²) in [7, 11) is 0. The van der Waals surface area contributed by atoms with Gasteiger partial charge in [-0.1, -0.05) is 37.8 Å². The molecule has 1 saturated carbocycles.